The van der Waals surface area contributed by atoms with Gasteiger partial charge in [0.05, 0.1) is 39.9 Å². The third kappa shape index (κ3) is 47.0. The highest BCUT2D eigenvalue weighted by molar-refractivity contribution is 7.47. The van der Waals surface area contributed by atoms with E-state index >= 15 is 0 Å². The number of likely N-dealkylation sites (N-methyl/N-ethyl adjacent to an activating group) is 1. The summed E-state index contributed by atoms with van der Waals surface area (Å²) in [5.74, 6) is -0.144. The van der Waals surface area contributed by atoms with Crippen molar-refractivity contribution in [2.24, 2.45) is 0 Å². The van der Waals surface area contributed by atoms with Gasteiger partial charge < -0.3 is 19.8 Å². The fourth-order valence-corrected chi connectivity index (χ4v) is 8.70. The summed E-state index contributed by atoms with van der Waals surface area (Å²) in [6.45, 7) is 4.89. The Morgan fingerprint density at radius 3 is 1.32 bits per heavy atom. The first-order valence-electron chi connectivity index (χ1n) is 26.7. The summed E-state index contributed by atoms with van der Waals surface area (Å²) in [6.07, 6.45) is 55.2. The monoisotopic (exact) mass is 898 g/mol. The van der Waals surface area contributed by atoms with E-state index in [1.165, 1.54) is 186 Å². The molecule has 0 heterocycles. The molecule has 0 aliphatic rings. The standard InChI is InChI=1S/C53H105N2O6P/c1-6-8-10-12-14-16-18-19-20-21-22-23-24-25-26-27-28-29-30-31-32-33-34-35-37-39-41-43-45-47-53(57)54-51(50-61-62(58,59)60-49-48-55(3,4)5)52(56)46-44-42-40-38-36-17-15-13-11-9-7-2/h22-23,25-26,51-52,56H,6-21,24,27-50H2,1-5H3,(H-,54,57,58,59)/p+1/b23-22-,26-25-. The average Bonchev–Trinajstić information content (AvgIpc) is 3.23. The summed E-state index contributed by atoms with van der Waals surface area (Å²) in [4.78, 5) is 23.2. The Kier molecular flexibility index (Phi) is 44.4. The molecule has 0 saturated heterocycles. The second-order valence-corrected chi connectivity index (χ2v) is 21.1. The van der Waals surface area contributed by atoms with E-state index < -0.39 is 20.0 Å². The van der Waals surface area contributed by atoms with Gasteiger partial charge in [-0.2, -0.15) is 0 Å². The highest BCUT2D eigenvalue weighted by atomic mass is 31.2. The molecule has 9 heteroatoms. The Hall–Kier alpha value is -1.02. The maximum Gasteiger partial charge on any atom is 0.472 e. The fraction of sp³-hybridized carbons (Fsp3) is 0.906. The molecule has 0 aliphatic heterocycles. The average molecular weight is 898 g/mol. The number of hydrogen-bond acceptors (Lipinski definition) is 5. The summed E-state index contributed by atoms with van der Waals surface area (Å²) in [6, 6.07) is -0.758. The minimum absolute atomic E-state index is 0.0756. The second-order valence-electron chi connectivity index (χ2n) is 19.6. The number of allylic oxidation sites excluding steroid dienone is 4. The van der Waals surface area contributed by atoms with E-state index in [0.717, 1.165) is 44.9 Å². The number of quaternary nitrogens is 1. The molecule has 8 nitrogen and oxygen atoms in total. The minimum Gasteiger partial charge on any atom is -0.391 e. The number of nitrogens with one attached hydrogen (secondary N) is 1. The molecule has 0 aromatic carbocycles. The van der Waals surface area contributed by atoms with Crippen molar-refractivity contribution in [1.82, 2.24) is 5.32 Å². The van der Waals surface area contributed by atoms with Crippen LogP contribution >= 0.6 is 7.82 Å². The molecular weight excluding hydrogens is 792 g/mol. The number of phosphoric acid groups is 1. The summed E-state index contributed by atoms with van der Waals surface area (Å²) in [7, 11) is 1.62. The van der Waals surface area contributed by atoms with E-state index in [1.54, 1.807) is 0 Å². The number of carbonyl (C=O) groups is 1. The highest BCUT2D eigenvalue weighted by Gasteiger charge is 2.28. The summed E-state index contributed by atoms with van der Waals surface area (Å²) in [5, 5.41) is 14.0. The van der Waals surface area contributed by atoms with Crippen molar-refractivity contribution in [3.05, 3.63) is 24.3 Å². The van der Waals surface area contributed by atoms with Gasteiger partial charge >= 0.3 is 7.82 Å². The lowest BCUT2D eigenvalue weighted by Gasteiger charge is -2.26. The highest BCUT2D eigenvalue weighted by Crippen LogP contribution is 2.43. The maximum absolute atomic E-state index is 12.9. The Morgan fingerprint density at radius 2 is 0.919 bits per heavy atom. The Labute approximate surface area is 385 Å². The van der Waals surface area contributed by atoms with Crippen LogP contribution in [0.4, 0.5) is 0 Å². The van der Waals surface area contributed by atoms with Gasteiger partial charge in [0, 0.05) is 6.42 Å². The van der Waals surface area contributed by atoms with E-state index in [4.69, 9.17) is 9.05 Å². The fourth-order valence-electron chi connectivity index (χ4n) is 7.96. The molecule has 0 aromatic rings. The van der Waals surface area contributed by atoms with Gasteiger partial charge in [0.2, 0.25) is 5.91 Å². The Balaban J connectivity index is 4.04. The van der Waals surface area contributed by atoms with E-state index in [1.807, 2.05) is 21.1 Å². The van der Waals surface area contributed by atoms with Crippen LogP contribution in [0.1, 0.15) is 258 Å². The molecule has 0 saturated carbocycles. The first kappa shape index (κ1) is 61.0. The zero-order valence-corrected chi connectivity index (χ0v) is 42.8. The number of phosphoric ester groups is 1. The number of amides is 1. The van der Waals surface area contributed by atoms with Crippen molar-refractivity contribution in [1.29, 1.82) is 0 Å². The van der Waals surface area contributed by atoms with Crippen molar-refractivity contribution in [3.8, 4) is 0 Å². The summed E-state index contributed by atoms with van der Waals surface area (Å²) < 4.78 is 23.7. The Bertz CT molecular complexity index is 1060. The maximum atomic E-state index is 12.9. The number of aliphatic hydroxyl groups excluding tert-OH is 1. The van der Waals surface area contributed by atoms with Crippen LogP contribution in [0.15, 0.2) is 24.3 Å². The topological polar surface area (TPSA) is 105 Å². The van der Waals surface area contributed by atoms with E-state index in [0.29, 0.717) is 23.9 Å². The van der Waals surface area contributed by atoms with Crippen molar-refractivity contribution in [3.63, 3.8) is 0 Å². The van der Waals surface area contributed by atoms with Gasteiger partial charge in [-0.25, -0.2) is 4.57 Å². The second kappa shape index (κ2) is 45.1. The normalized spacial score (nSPS) is 14.2. The first-order valence-corrected chi connectivity index (χ1v) is 28.2. The van der Waals surface area contributed by atoms with Crippen molar-refractivity contribution in [2.75, 3.05) is 40.9 Å². The predicted molar refractivity (Wildman–Crippen MR) is 268 cm³/mol. The zero-order valence-electron chi connectivity index (χ0n) is 41.9. The van der Waals surface area contributed by atoms with Crippen LogP contribution in [-0.2, 0) is 18.4 Å². The lowest BCUT2D eigenvalue weighted by atomic mass is 10.0. The molecule has 0 rings (SSSR count). The molecule has 62 heavy (non-hydrogen) atoms. The molecule has 3 N–H and O–H groups in total. The van der Waals surface area contributed by atoms with Crippen molar-refractivity contribution < 1.29 is 32.9 Å². The van der Waals surface area contributed by atoms with Crippen LogP contribution in [0.2, 0.25) is 0 Å². The van der Waals surface area contributed by atoms with Crippen molar-refractivity contribution >= 4 is 13.7 Å². The van der Waals surface area contributed by atoms with Crippen LogP contribution in [0.5, 0.6) is 0 Å². The molecule has 0 spiro atoms. The Morgan fingerprint density at radius 1 is 0.548 bits per heavy atom. The molecule has 3 atom stereocenters. The quantitative estimate of drug-likeness (QED) is 0.0243. The van der Waals surface area contributed by atoms with Crippen LogP contribution in [0.3, 0.4) is 0 Å². The van der Waals surface area contributed by atoms with Gasteiger partial charge in [0.15, 0.2) is 0 Å². The van der Waals surface area contributed by atoms with Crippen molar-refractivity contribution in [2.45, 2.75) is 270 Å². The van der Waals surface area contributed by atoms with Gasteiger partial charge in [-0.1, -0.05) is 231 Å². The third-order valence-electron chi connectivity index (χ3n) is 12.2. The molecule has 0 bridgehead atoms. The van der Waals surface area contributed by atoms with Crippen LogP contribution in [-0.4, -0.2) is 73.4 Å². The molecule has 3 unspecified atom stereocenters. The smallest absolute Gasteiger partial charge is 0.391 e. The van der Waals surface area contributed by atoms with E-state index in [2.05, 4.69) is 43.5 Å². The van der Waals surface area contributed by atoms with Gasteiger partial charge in [-0.3, -0.25) is 13.8 Å². The third-order valence-corrected chi connectivity index (χ3v) is 13.2. The summed E-state index contributed by atoms with van der Waals surface area (Å²) >= 11 is 0. The molecule has 1 amide bonds. The predicted octanol–water partition coefficient (Wildman–Crippen LogP) is 15.6. The minimum atomic E-state index is -4.31. The number of carbonyl (C=O) groups excluding carboxylic acids is 1. The van der Waals surface area contributed by atoms with Gasteiger partial charge in [0.25, 0.3) is 0 Å². The lowest BCUT2D eigenvalue weighted by Crippen LogP contribution is -2.46. The number of hydrogen-bond donors (Lipinski definition) is 3. The summed E-state index contributed by atoms with van der Waals surface area (Å²) in [5.41, 5.74) is 0. The first-order chi connectivity index (χ1) is 30.0. The molecule has 0 aromatic heterocycles. The van der Waals surface area contributed by atoms with E-state index in [-0.39, 0.29) is 19.1 Å². The number of nitrogens with zero attached hydrogens (tertiary/aromatic N) is 1. The van der Waals surface area contributed by atoms with Crippen LogP contribution in [0.25, 0.3) is 0 Å². The molecule has 0 fully saturated rings. The number of unbranched alkanes of at least 4 members (excludes halogenated alkanes) is 32. The lowest BCUT2D eigenvalue weighted by molar-refractivity contribution is -0.870. The largest absolute Gasteiger partial charge is 0.472 e. The number of aliphatic hydroxyl groups is 1. The molecule has 0 aliphatic carbocycles. The van der Waals surface area contributed by atoms with Gasteiger partial charge in [-0.05, 0) is 44.9 Å². The van der Waals surface area contributed by atoms with Gasteiger partial charge in [0.1, 0.15) is 13.2 Å². The van der Waals surface area contributed by atoms with E-state index in [9.17, 15) is 19.4 Å². The molecular formula is C53H106N2O6P+. The van der Waals surface area contributed by atoms with Crippen LogP contribution in [0, 0.1) is 0 Å². The van der Waals surface area contributed by atoms with Crippen LogP contribution < -0.4 is 5.32 Å². The SMILES string of the molecule is CCCCCCCCCCC/C=C\C/C=C\CCCCCCCCCCCCCCCC(=O)NC(COP(=O)(O)OCC[N+](C)(C)C)C(O)CCCCCCCCCCCCC. The zero-order chi connectivity index (χ0) is 45.7. The molecule has 368 valence electrons. The molecule has 0 radical (unpaired) electrons. The van der Waals surface area contributed by atoms with Gasteiger partial charge in [-0.15, -0.1) is 0 Å². The number of rotatable bonds is 49.